The lowest BCUT2D eigenvalue weighted by atomic mass is 9.93. The zero-order chi connectivity index (χ0) is 14.9. The van der Waals surface area contributed by atoms with Crippen LogP contribution in [0.1, 0.15) is 54.2 Å². The Bertz CT molecular complexity index is 593. The predicted molar refractivity (Wildman–Crippen MR) is 87.4 cm³/mol. The normalized spacial score (nSPS) is 13.5. The molecule has 1 unspecified atom stereocenters. The molecule has 3 heteroatoms. The largest absolute Gasteiger partial charge is 0.324 e. The maximum atomic E-state index is 6.38. The first-order valence-electron chi connectivity index (χ1n) is 7.05. The van der Waals surface area contributed by atoms with Crippen LogP contribution in [0, 0.1) is 13.8 Å². The summed E-state index contributed by atoms with van der Waals surface area (Å²) in [5.41, 5.74) is 11.5. The molecule has 0 aliphatic carbocycles. The Hall–Kier alpha value is -1.19. The van der Waals surface area contributed by atoms with E-state index in [9.17, 15) is 0 Å². The van der Waals surface area contributed by atoms with Crippen LogP contribution in [-0.2, 0) is 11.8 Å². The summed E-state index contributed by atoms with van der Waals surface area (Å²) >= 11 is 1.72. The maximum absolute atomic E-state index is 6.38. The standard InChI is InChI=1S/C17H24N2S/c1-11-7-6-8-13(12(11)2)14(18)9-16-19-15(10-20-16)17(3,4)5/h6-8,10,14H,9,18H2,1-5H3. The zero-order valence-corrected chi connectivity index (χ0v) is 13.8. The van der Waals surface area contributed by atoms with Gasteiger partial charge in [-0.1, -0.05) is 39.0 Å². The van der Waals surface area contributed by atoms with E-state index in [1.807, 2.05) is 0 Å². The quantitative estimate of drug-likeness (QED) is 0.914. The molecule has 1 atom stereocenters. The number of hydrogen-bond donors (Lipinski definition) is 1. The Labute approximate surface area is 126 Å². The molecule has 108 valence electrons. The predicted octanol–water partition coefficient (Wildman–Crippen LogP) is 4.30. The Kier molecular flexibility index (Phi) is 4.31. The topological polar surface area (TPSA) is 38.9 Å². The highest BCUT2D eigenvalue weighted by atomic mass is 32.1. The third kappa shape index (κ3) is 3.28. The summed E-state index contributed by atoms with van der Waals surface area (Å²) in [6.07, 6.45) is 0.811. The van der Waals surface area contributed by atoms with Crippen molar-refractivity contribution in [2.24, 2.45) is 5.73 Å². The summed E-state index contributed by atoms with van der Waals surface area (Å²) < 4.78 is 0. The zero-order valence-electron chi connectivity index (χ0n) is 13.0. The Morgan fingerprint density at radius 2 is 1.95 bits per heavy atom. The number of nitrogens with two attached hydrogens (primary N) is 1. The Balaban J connectivity index is 2.18. The molecule has 0 aliphatic heterocycles. The van der Waals surface area contributed by atoms with Crippen LogP contribution in [0.2, 0.25) is 0 Å². The summed E-state index contributed by atoms with van der Waals surface area (Å²) in [6.45, 7) is 10.9. The molecule has 0 saturated carbocycles. The van der Waals surface area contributed by atoms with Gasteiger partial charge in [-0.15, -0.1) is 11.3 Å². The van der Waals surface area contributed by atoms with E-state index in [0.29, 0.717) is 0 Å². The van der Waals surface area contributed by atoms with Gasteiger partial charge in [-0.2, -0.15) is 0 Å². The van der Waals surface area contributed by atoms with Crippen LogP contribution < -0.4 is 5.73 Å². The highest BCUT2D eigenvalue weighted by molar-refractivity contribution is 7.09. The minimum Gasteiger partial charge on any atom is -0.324 e. The van der Waals surface area contributed by atoms with Crippen molar-refractivity contribution in [3.63, 3.8) is 0 Å². The molecule has 1 heterocycles. The van der Waals surface area contributed by atoms with Crippen molar-refractivity contribution in [2.45, 2.75) is 52.5 Å². The fraction of sp³-hybridized carbons (Fsp3) is 0.471. The van der Waals surface area contributed by atoms with E-state index in [0.717, 1.165) is 17.1 Å². The van der Waals surface area contributed by atoms with Gasteiger partial charge in [0.1, 0.15) is 0 Å². The van der Waals surface area contributed by atoms with Gasteiger partial charge in [0.05, 0.1) is 10.7 Å². The maximum Gasteiger partial charge on any atom is 0.0947 e. The van der Waals surface area contributed by atoms with Crippen LogP contribution >= 0.6 is 11.3 Å². The third-order valence-electron chi connectivity index (χ3n) is 3.76. The smallest absolute Gasteiger partial charge is 0.0947 e. The van der Waals surface area contributed by atoms with Gasteiger partial charge in [0.25, 0.3) is 0 Å². The van der Waals surface area contributed by atoms with Crippen molar-refractivity contribution < 1.29 is 0 Å². The van der Waals surface area contributed by atoms with Crippen molar-refractivity contribution in [1.29, 1.82) is 0 Å². The van der Waals surface area contributed by atoms with E-state index in [1.165, 1.54) is 16.7 Å². The van der Waals surface area contributed by atoms with Crippen LogP contribution in [0.5, 0.6) is 0 Å². The summed E-state index contributed by atoms with van der Waals surface area (Å²) in [6, 6.07) is 6.37. The van der Waals surface area contributed by atoms with E-state index in [-0.39, 0.29) is 11.5 Å². The van der Waals surface area contributed by atoms with Crippen LogP contribution in [0.3, 0.4) is 0 Å². The fourth-order valence-electron chi connectivity index (χ4n) is 2.22. The molecule has 2 aromatic rings. The molecule has 2 N–H and O–H groups in total. The van der Waals surface area contributed by atoms with Crippen LogP contribution in [-0.4, -0.2) is 4.98 Å². The lowest BCUT2D eigenvalue weighted by Crippen LogP contribution is -2.16. The summed E-state index contributed by atoms with van der Waals surface area (Å²) in [5.74, 6) is 0. The molecule has 0 fully saturated rings. The second-order valence-electron chi connectivity index (χ2n) is 6.48. The Morgan fingerprint density at radius 3 is 2.55 bits per heavy atom. The number of nitrogens with zero attached hydrogens (tertiary/aromatic N) is 1. The average Bonchev–Trinajstić information content (AvgIpc) is 2.81. The molecule has 0 spiro atoms. The second kappa shape index (κ2) is 5.66. The first-order chi connectivity index (χ1) is 9.29. The fourth-order valence-corrected chi connectivity index (χ4v) is 3.30. The van der Waals surface area contributed by atoms with Gasteiger partial charge in [-0.25, -0.2) is 4.98 Å². The first kappa shape index (κ1) is 15.2. The average molecular weight is 288 g/mol. The first-order valence-corrected chi connectivity index (χ1v) is 7.93. The van der Waals surface area contributed by atoms with Gasteiger partial charge in [0, 0.05) is 23.3 Å². The highest BCUT2D eigenvalue weighted by Gasteiger charge is 2.19. The van der Waals surface area contributed by atoms with Crippen molar-refractivity contribution in [1.82, 2.24) is 4.98 Å². The summed E-state index contributed by atoms with van der Waals surface area (Å²) in [7, 11) is 0. The molecular weight excluding hydrogens is 264 g/mol. The van der Waals surface area contributed by atoms with Gasteiger partial charge in [0.15, 0.2) is 0 Å². The number of benzene rings is 1. The monoisotopic (exact) mass is 288 g/mol. The molecule has 2 rings (SSSR count). The third-order valence-corrected chi connectivity index (χ3v) is 4.63. The molecule has 0 aliphatic rings. The summed E-state index contributed by atoms with van der Waals surface area (Å²) in [4.78, 5) is 4.74. The number of aromatic nitrogens is 1. The molecule has 0 amide bonds. The molecular formula is C17H24N2S. The van der Waals surface area contributed by atoms with Crippen molar-refractivity contribution in [2.75, 3.05) is 0 Å². The van der Waals surface area contributed by atoms with Gasteiger partial charge in [-0.3, -0.25) is 0 Å². The van der Waals surface area contributed by atoms with E-state index in [4.69, 9.17) is 10.7 Å². The number of rotatable bonds is 3. The van der Waals surface area contributed by atoms with Gasteiger partial charge in [0.2, 0.25) is 0 Å². The van der Waals surface area contributed by atoms with E-state index in [2.05, 4.69) is 58.2 Å². The molecule has 1 aromatic heterocycles. The SMILES string of the molecule is Cc1cccc(C(N)Cc2nc(C(C)(C)C)cs2)c1C. The van der Waals surface area contributed by atoms with Crippen LogP contribution in [0.4, 0.5) is 0 Å². The molecule has 1 aromatic carbocycles. The highest BCUT2D eigenvalue weighted by Crippen LogP contribution is 2.27. The Morgan fingerprint density at radius 1 is 1.25 bits per heavy atom. The molecule has 0 bridgehead atoms. The summed E-state index contributed by atoms with van der Waals surface area (Å²) in [5, 5.41) is 3.29. The second-order valence-corrected chi connectivity index (χ2v) is 7.42. The van der Waals surface area contributed by atoms with E-state index < -0.39 is 0 Å². The van der Waals surface area contributed by atoms with Crippen molar-refractivity contribution in [3.8, 4) is 0 Å². The molecule has 2 nitrogen and oxygen atoms in total. The minimum absolute atomic E-state index is 0.0221. The van der Waals surface area contributed by atoms with Crippen molar-refractivity contribution in [3.05, 3.63) is 51.0 Å². The lowest BCUT2D eigenvalue weighted by molar-refractivity contribution is 0.569. The number of hydrogen-bond acceptors (Lipinski definition) is 3. The van der Waals surface area contributed by atoms with Gasteiger partial charge < -0.3 is 5.73 Å². The lowest BCUT2D eigenvalue weighted by Gasteiger charge is -2.16. The van der Waals surface area contributed by atoms with E-state index >= 15 is 0 Å². The molecule has 0 radical (unpaired) electrons. The van der Waals surface area contributed by atoms with Crippen molar-refractivity contribution >= 4 is 11.3 Å². The number of thiazole rings is 1. The van der Waals surface area contributed by atoms with Crippen LogP contribution in [0.15, 0.2) is 23.6 Å². The molecule has 20 heavy (non-hydrogen) atoms. The number of aryl methyl sites for hydroxylation is 1. The minimum atomic E-state index is 0.0221. The van der Waals surface area contributed by atoms with E-state index in [1.54, 1.807) is 11.3 Å². The van der Waals surface area contributed by atoms with Gasteiger partial charge >= 0.3 is 0 Å². The van der Waals surface area contributed by atoms with Gasteiger partial charge in [-0.05, 0) is 30.5 Å². The van der Waals surface area contributed by atoms with Crippen LogP contribution in [0.25, 0.3) is 0 Å². The molecule has 0 saturated heterocycles.